The number of alkyl carbamates (subject to hydrolysis) is 1. The number of likely N-dealkylation sites (N-methyl/N-ethyl adjacent to an activating group) is 1. The van der Waals surface area contributed by atoms with Crippen LogP contribution in [-0.2, 0) is 16.1 Å². The van der Waals surface area contributed by atoms with E-state index in [2.05, 4.69) is 15.0 Å². The van der Waals surface area contributed by atoms with Crippen LogP contribution >= 0.6 is 0 Å². The minimum atomic E-state index is -0.763. The van der Waals surface area contributed by atoms with Crippen molar-refractivity contribution in [2.45, 2.75) is 27.3 Å². The average molecular weight is 346 g/mol. The van der Waals surface area contributed by atoms with Crippen LogP contribution in [0.1, 0.15) is 25.2 Å². The Morgan fingerprint density at radius 1 is 1.32 bits per heavy atom. The van der Waals surface area contributed by atoms with Gasteiger partial charge in [0.05, 0.1) is 18.8 Å². The first-order valence-electron chi connectivity index (χ1n) is 8.11. The maximum Gasteiger partial charge on any atom is 0.413 e. The number of hydrogen-bond donors (Lipinski definition) is 1. The Balaban J connectivity index is 2.11. The zero-order valence-electron chi connectivity index (χ0n) is 14.6. The molecule has 0 aliphatic carbocycles. The largest absolute Gasteiger partial charge is 0.450 e. The molecule has 0 aromatic carbocycles. The van der Waals surface area contributed by atoms with Crippen molar-refractivity contribution in [2.75, 3.05) is 19.7 Å². The maximum absolute atomic E-state index is 12.3. The van der Waals surface area contributed by atoms with Gasteiger partial charge >= 0.3 is 6.09 Å². The summed E-state index contributed by atoms with van der Waals surface area (Å²) in [5.41, 5.74) is 1.78. The van der Waals surface area contributed by atoms with E-state index < -0.39 is 12.0 Å². The van der Waals surface area contributed by atoms with Crippen molar-refractivity contribution in [3.8, 4) is 0 Å². The van der Waals surface area contributed by atoms with E-state index in [-0.39, 0.29) is 18.7 Å². The number of imide groups is 1. The Kier molecular flexibility index (Phi) is 6.24. The summed E-state index contributed by atoms with van der Waals surface area (Å²) in [7, 11) is 0. The number of carbonyl (C=O) groups is 2. The van der Waals surface area contributed by atoms with E-state index >= 15 is 0 Å². The van der Waals surface area contributed by atoms with Crippen LogP contribution in [0.4, 0.5) is 4.79 Å². The molecule has 0 fully saturated rings. The molecule has 2 amide bonds. The zero-order valence-corrected chi connectivity index (χ0v) is 14.6. The Morgan fingerprint density at radius 3 is 2.76 bits per heavy atom. The molecular formula is C17H22N4O4. The second-order valence-corrected chi connectivity index (χ2v) is 5.52. The third-order valence-electron chi connectivity index (χ3n) is 3.65. The monoisotopic (exact) mass is 346 g/mol. The normalized spacial score (nSPS) is 10.9. The molecule has 0 aliphatic rings. The van der Waals surface area contributed by atoms with Gasteiger partial charge in [-0.2, -0.15) is 0 Å². The van der Waals surface area contributed by atoms with E-state index in [9.17, 15) is 14.4 Å². The fraction of sp³-hybridized carbons (Fsp3) is 0.412. The van der Waals surface area contributed by atoms with Gasteiger partial charge in [-0.15, -0.1) is 0 Å². The number of rotatable bonds is 6. The van der Waals surface area contributed by atoms with Crippen molar-refractivity contribution < 1.29 is 14.3 Å². The smallest absolute Gasteiger partial charge is 0.413 e. The van der Waals surface area contributed by atoms with Crippen LogP contribution in [0.2, 0.25) is 0 Å². The minimum Gasteiger partial charge on any atom is -0.450 e. The Labute approximate surface area is 145 Å². The Hall–Kier alpha value is -2.74. The fourth-order valence-electron chi connectivity index (χ4n) is 2.48. The summed E-state index contributed by atoms with van der Waals surface area (Å²) in [6.07, 6.45) is -0.763. The summed E-state index contributed by atoms with van der Waals surface area (Å²) in [5, 5.41) is 2.15. The van der Waals surface area contributed by atoms with E-state index in [0.717, 1.165) is 5.69 Å². The van der Waals surface area contributed by atoms with Gasteiger partial charge in [-0.3, -0.25) is 24.2 Å². The lowest BCUT2D eigenvalue weighted by Crippen LogP contribution is -2.40. The lowest BCUT2D eigenvalue weighted by atomic mass is 10.3. The SMILES string of the molecule is CCOC(=O)NC(=O)CN(CC)Cc1cc(=O)n2c(C)cccc2n1. The van der Waals surface area contributed by atoms with Crippen molar-refractivity contribution in [3.05, 3.63) is 46.0 Å². The molecule has 2 heterocycles. The second-order valence-electron chi connectivity index (χ2n) is 5.52. The standard InChI is InChI=1S/C17H22N4O4/c1-4-20(11-15(22)19-17(24)25-5-2)10-13-9-16(23)21-12(3)7-6-8-14(21)18-13/h6-9H,4-5,10-11H2,1-3H3,(H,19,22,24). The first kappa shape index (κ1) is 18.6. The number of aromatic nitrogens is 2. The van der Waals surface area contributed by atoms with Crippen molar-refractivity contribution in [2.24, 2.45) is 0 Å². The first-order chi connectivity index (χ1) is 11.9. The quantitative estimate of drug-likeness (QED) is 0.842. The molecular weight excluding hydrogens is 324 g/mol. The number of ether oxygens (including phenoxy) is 1. The summed E-state index contributed by atoms with van der Waals surface area (Å²) in [5.74, 6) is -0.464. The molecule has 134 valence electrons. The summed E-state index contributed by atoms with van der Waals surface area (Å²) >= 11 is 0. The highest BCUT2D eigenvalue weighted by Crippen LogP contribution is 2.05. The van der Waals surface area contributed by atoms with Crippen molar-refractivity contribution in [3.63, 3.8) is 0 Å². The van der Waals surface area contributed by atoms with Gasteiger partial charge in [-0.05, 0) is 32.5 Å². The summed E-state index contributed by atoms with van der Waals surface area (Å²) in [6.45, 7) is 6.47. The maximum atomic E-state index is 12.3. The summed E-state index contributed by atoms with van der Waals surface area (Å²) in [6, 6.07) is 6.91. The van der Waals surface area contributed by atoms with Crippen LogP contribution < -0.4 is 10.9 Å². The lowest BCUT2D eigenvalue weighted by molar-refractivity contribution is -0.121. The topological polar surface area (TPSA) is 93.0 Å². The summed E-state index contributed by atoms with van der Waals surface area (Å²) in [4.78, 5) is 41.7. The number of nitrogens with zero attached hydrogens (tertiary/aromatic N) is 3. The van der Waals surface area contributed by atoms with Crippen LogP contribution in [0.15, 0.2) is 29.1 Å². The Bertz CT molecular complexity index is 831. The van der Waals surface area contributed by atoms with Gasteiger partial charge in [-0.25, -0.2) is 9.78 Å². The first-order valence-corrected chi connectivity index (χ1v) is 8.11. The molecule has 8 nitrogen and oxygen atoms in total. The molecule has 0 spiro atoms. The van der Waals surface area contributed by atoms with E-state index in [1.54, 1.807) is 17.9 Å². The van der Waals surface area contributed by atoms with Crippen molar-refractivity contribution in [1.82, 2.24) is 19.6 Å². The van der Waals surface area contributed by atoms with Crippen LogP contribution in [0.3, 0.4) is 0 Å². The number of amides is 2. The van der Waals surface area contributed by atoms with Crippen LogP contribution in [-0.4, -0.2) is 46.0 Å². The van der Waals surface area contributed by atoms with Crippen molar-refractivity contribution >= 4 is 17.6 Å². The molecule has 0 saturated carbocycles. The molecule has 0 atom stereocenters. The van der Waals surface area contributed by atoms with Gasteiger partial charge in [0.15, 0.2) is 0 Å². The van der Waals surface area contributed by atoms with Crippen LogP contribution in [0.5, 0.6) is 0 Å². The number of pyridine rings is 1. The van der Waals surface area contributed by atoms with Gasteiger partial charge in [-0.1, -0.05) is 13.0 Å². The number of carbonyl (C=O) groups excluding carboxylic acids is 2. The minimum absolute atomic E-state index is 0.00415. The number of nitrogens with one attached hydrogen (secondary N) is 1. The van der Waals surface area contributed by atoms with Gasteiger partial charge in [0.25, 0.3) is 5.56 Å². The van der Waals surface area contributed by atoms with Gasteiger partial charge in [0.1, 0.15) is 5.65 Å². The highest BCUT2D eigenvalue weighted by molar-refractivity contribution is 5.92. The highest BCUT2D eigenvalue weighted by atomic mass is 16.5. The zero-order chi connectivity index (χ0) is 18.4. The lowest BCUT2D eigenvalue weighted by Gasteiger charge is -2.19. The van der Waals surface area contributed by atoms with Gasteiger partial charge < -0.3 is 4.74 Å². The highest BCUT2D eigenvalue weighted by Gasteiger charge is 2.14. The molecule has 0 radical (unpaired) electrons. The molecule has 2 rings (SSSR count). The van der Waals surface area contributed by atoms with E-state index in [0.29, 0.717) is 24.4 Å². The number of hydrogen-bond acceptors (Lipinski definition) is 6. The average Bonchev–Trinajstić information content (AvgIpc) is 2.54. The third-order valence-corrected chi connectivity index (χ3v) is 3.65. The van der Waals surface area contributed by atoms with E-state index in [1.807, 2.05) is 26.0 Å². The molecule has 0 unspecified atom stereocenters. The summed E-state index contributed by atoms with van der Waals surface area (Å²) < 4.78 is 6.21. The third kappa shape index (κ3) is 4.87. The molecule has 2 aromatic rings. The number of aryl methyl sites for hydroxylation is 1. The molecule has 0 aliphatic heterocycles. The van der Waals surface area contributed by atoms with E-state index in [1.165, 1.54) is 10.5 Å². The molecule has 25 heavy (non-hydrogen) atoms. The van der Waals surface area contributed by atoms with Gasteiger partial charge in [0.2, 0.25) is 5.91 Å². The number of fused-ring (bicyclic) bond motifs is 1. The second kappa shape index (κ2) is 8.39. The molecule has 2 aromatic heterocycles. The molecule has 0 saturated heterocycles. The van der Waals surface area contributed by atoms with Crippen LogP contribution in [0.25, 0.3) is 5.65 Å². The molecule has 8 heteroatoms. The van der Waals surface area contributed by atoms with E-state index in [4.69, 9.17) is 0 Å². The fourth-order valence-corrected chi connectivity index (χ4v) is 2.48. The van der Waals surface area contributed by atoms with Gasteiger partial charge in [0, 0.05) is 18.3 Å². The molecule has 1 N–H and O–H groups in total. The van der Waals surface area contributed by atoms with Crippen molar-refractivity contribution in [1.29, 1.82) is 0 Å². The molecule has 0 bridgehead atoms. The predicted octanol–water partition coefficient (Wildman–Crippen LogP) is 1.10. The van der Waals surface area contributed by atoms with Crippen LogP contribution in [0, 0.1) is 6.92 Å². The predicted molar refractivity (Wildman–Crippen MR) is 92.3 cm³/mol. The Morgan fingerprint density at radius 2 is 2.08 bits per heavy atom.